The van der Waals surface area contributed by atoms with Crippen LogP contribution >= 0.6 is 11.3 Å². The number of esters is 1. The Kier molecular flexibility index (Phi) is 7.15. The molecular weight excluding hydrogens is 452 g/mol. The number of hydrogen-bond donors (Lipinski definition) is 0. The van der Waals surface area contributed by atoms with Crippen LogP contribution in [0.5, 0.6) is 5.75 Å². The molecule has 0 saturated carbocycles. The molecule has 8 nitrogen and oxygen atoms in total. The molecule has 0 saturated heterocycles. The van der Waals surface area contributed by atoms with Gasteiger partial charge in [0.15, 0.2) is 14.6 Å². The number of amides is 1. The standard InChI is InChI=1S/C22H24N2O6S2/c1-14-11-18-19(12-15(14)2)31-22(24(18)13-21(26)30-4)23-20(25)9-10-32(27,28)17-7-5-16(29-3)6-8-17/h5-8,11-12H,9-10,13H2,1-4H3. The predicted octanol–water partition coefficient (Wildman–Crippen LogP) is 2.79. The lowest BCUT2D eigenvalue weighted by Gasteiger charge is -2.06. The summed E-state index contributed by atoms with van der Waals surface area (Å²) in [7, 11) is -0.872. The molecule has 32 heavy (non-hydrogen) atoms. The average Bonchev–Trinajstić information content (AvgIpc) is 3.08. The number of carbonyl (C=O) groups excluding carboxylic acids is 2. The van der Waals surface area contributed by atoms with Gasteiger partial charge < -0.3 is 14.0 Å². The quantitative estimate of drug-likeness (QED) is 0.486. The molecule has 0 atom stereocenters. The first kappa shape index (κ1) is 23.7. The lowest BCUT2D eigenvalue weighted by molar-refractivity contribution is -0.141. The number of fused-ring (bicyclic) bond motifs is 1. The maximum atomic E-state index is 12.6. The predicted molar refractivity (Wildman–Crippen MR) is 122 cm³/mol. The summed E-state index contributed by atoms with van der Waals surface area (Å²) in [5, 5.41) is 0. The smallest absolute Gasteiger partial charge is 0.325 e. The summed E-state index contributed by atoms with van der Waals surface area (Å²) in [4.78, 5) is 29.0. The molecule has 2 aromatic carbocycles. The van der Waals surface area contributed by atoms with Gasteiger partial charge in [0.2, 0.25) is 5.91 Å². The number of aryl methyl sites for hydroxylation is 2. The summed E-state index contributed by atoms with van der Waals surface area (Å²) in [6.07, 6.45) is -0.279. The van der Waals surface area contributed by atoms with Crippen molar-refractivity contribution in [3.63, 3.8) is 0 Å². The fourth-order valence-corrected chi connectivity index (χ4v) is 5.39. The first-order valence-electron chi connectivity index (χ1n) is 9.76. The molecule has 0 aliphatic heterocycles. The third-order valence-corrected chi connectivity index (χ3v) is 7.81. The lowest BCUT2D eigenvalue weighted by Crippen LogP contribution is -2.23. The molecule has 0 unspecified atom stereocenters. The number of methoxy groups -OCH3 is 2. The molecule has 10 heteroatoms. The van der Waals surface area contributed by atoms with Crippen molar-refractivity contribution in [2.75, 3.05) is 20.0 Å². The summed E-state index contributed by atoms with van der Waals surface area (Å²) in [6, 6.07) is 9.89. The molecule has 3 rings (SSSR count). The number of thiazole rings is 1. The Morgan fingerprint density at radius 3 is 2.34 bits per heavy atom. The molecule has 1 aromatic heterocycles. The molecule has 0 aliphatic carbocycles. The average molecular weight is 477 g/mol. The van der Waals surface area contributed by atoms with Crippen molar-refractivity contribution in [1.29, 1.82) is 0 Å². The monoisotopic (exact) mass is 476 g/mol. The minimum Gasteiger partial charge on any atom is -0.497 e. The zero-order valence-electron chi connectivity index (χ0n) is 18.2. The van der Waals surface area contributed by atoms with Crippen molar-refractivity contribution in [1.82, 2.24) is 4.57 Å². The van der Waals surface area contributed by atoms with Crippen LogP contribution in [-0.4, -0.2) is 44.8 Å². The van der Waals surface area contributed by atoms with E-state index in [4.69, 9.17) is 9.47 Å². The van der Waals surface area contributed by atoms with E-state index in [1.165, 1.54) is 37.7 Å². The maximum Gasteiger partial charge on any atom is 0.325 e. The Bertz CT molecular complexity index is 1340. The van der Waals surface area contributed by atoms with Crippen molar-refractivity contribution in [2.45, 2.75) is 31.7 Å². The normalized spacial score (nSPS) is 12.2. The van der Waals surface area contributed by atoms with E-state index in [0.29, 0.717) is 10.6 Å². The van der Waals surface area contributed by atoms with E-state index in [1.807, 2.05) is 26.0 Å². The summed E-state index contributed by atoms with van der Waals surface area (Å²) in [6.45, 7) is 3.83. The fourth-order valence-electron chi connectivity index (χ4n) is 3.04. The molecule has 0 spiro atoms. The van der Waals surface area contributed by atoms with Gasteiger partial charge in [-0.3, -0.25) is 9.59 Å². The van der Waals surface area contributed by atoms with Crippen LogP contribution in [0, 0.1) is 13.8 Å². The summed E-state index contributed by atoms with van der Waals surface area (Å²) < 4.78 is 37.4. The SMILES string of the molecule is COC(=O)Cn1c(=NC(=O)CCS(=O)(=O)c2ccc(OC)cc2)sc2cc(C)c(C)cc21. The van der Waals surface area contributed by atoms with E-state index in [0.717, 1.165) is 21.3 Å². The largest absolute Gasteiger partial charge is 0.497 e. The van der Waals surface area contributed by atoms with Crippen molar-refractivity contribution in [3.8, 4) is 5.75 Å². The molecule has 0 N–H and O–H groups in total. The Morgan fingerprint density at radius 2 is 1.72 bits per heavy atom. The molecule has 0 bridgehead atoms. The van der Waals surface area contributed by atoms with Crippen LogP contribution < -0.4 is 9.54 Å². The summed E-state index contributed by atoms with van der Waals surface area (Å²) >= 11 is 1.27. The minimum atomic E-state index is -3.66. The van der Waals surface area contributed by atoms with Crippen LogP contribution in [0.3, 0.4) is 0 Å². The number of hydrogen-bond acceptors (Lipinski definition) is 7. The highest BCUT2D eigenvalue weighted by Crippen LogP contribution is 2.22. The third kappa shape index (κ3) is 5.25. The molecule has 1 amide bonds. The summed E-state index contributed by atoms with van der Waals surface area (Å²) in [5.41, 5.74) is 2.88. The van der Waals surface area contributed by atoms with Gasteiger partial charge in [0.05, 0.1) is 35.1 Å². The zero-order valence-corrected chi connectivity index (χ0v) is 19.9. The number of aromatic nitrogens is 1. The first-order chi connectivity index (χ1) is 15.1. The van der Waals surface area contributed by atoms with Gasteiger partial charge in [0.25, 0.3) is 0 Å². The Labute approximate surface area is 190 Å². The van der Waals surface area contributed by atoms with Crippen LogP contribution in [-0.2, 0) is 30.7 Å². The van der Waals surface area contributed by atoms with E-state index in [2.05, 4.69) is 4.99 Å². The highest BCUT2D eigenvalue weighted by Gasteiger charge is 2.18. The Morgan fingerprint density at radius 1 is 1.06 bits per heavy atom. The highest BCUT2D eigenvalue weighted by atomic mass is 32.2. The Balaban J connectivity index is 1.89. The molecular formula is C22H24N2O6S2. The zero-order chi connectivity index (χ0) is 23.5. The van der Waals surface area contributed by atoms with Crippen LogP contribution in [0.15, 0.2) is 46.3 Å². The van der Waals surface area contributed by atoms with Crippen molar-refractivity contribution >= 4 is 43.3 Å². The van der Waals surface area contributed by atoms with Gasteiger partial charge in [-0.15, -0.1) is 0 Å². The van der Waals surface area contributed by atoms with Gasteiger partial charge in [-0.2, -0.15) is 4.99 Å². The van der Waals surface area contributed by atoms with Gasteiger partial charge >= 0.3 is 5.97 Å². The molecule has 170 valence electrons. The van der Waals surface area contributed by atoms with Crippen molar-refractivity contribution in [2.24, 2.45) is 4.99 Å². The first-order valence-corrected chi connectivity index (χ1v) is 12.2. The topological polar surface area (TPSA) is 104 Å². The highest BCUT2D eigenvalue weighted by molar-refractivity contribution is 7.91. The number of sulfone groups is 1. The number of nitrogens with zero attached hydrogens (tertiary/aromatic N) is 2. The van der Waals surface area contributed by atoms with E-state index in [1.54, 1.807) is 16.7 Å². The van der Waals surface area contributed by atoms with E-state index >= 15 is 0 Å². The van der Waals surface area contributed by atoms with E-state index < -0.39 is 21.7 Å². The maximum absolute atomic E-state index is 12.6. The second-order valence-corrected chi connectivity index (χ2v) is 10.3. The second-order valence-electron chi connectivity index (χ2n) is 7.20. The fraction of sp³-hybridized carbons (Fsp3) is 0.318. The lowest BCUT2D eigenvalue weighted by atomic mass is 10.1. The van der Waals surface area contributed by atoms with Gasteiger partial charge in [-0.05, 0) is 61.4 Å². The Hall–Kier alpha value is -2.98. The van der Waals surface area contributed by atoms with Crippen LogP contribution in [0.4, 0.5) is 0 Å². The van der Waals surface area contributed by atoms with Crippen LogP contribution in [0.25, 0.3) is 10.2 Å². The van der Waals surface area contributed by atoms with Gasteiger partial charge in [0, 0.05) is 6.42 Å². The number of rotatable bonds is 7. The second kappa shape index (κ2) is 9.66. The molecule has 0 radical (unpaired) electrons. The van der Waals surface area contributed by atoms with Crippen molar-refractivity contribution < 1.29 is 27.5 Å². The van der Waals surface area contributed by atoms with Crippen molar-refractivity contribution in [3.05, 3.63) is 52.3 Å². The molecule has 0 fully saturated rings. The molecule has 3 aromatic rings. The number of carbonyl (C=O) groups is 2. The third-order valence-electron chi connectivity index (χ3n) is 5.04. The number of benzene rings is 2. The summed E-state index contributed by atoms with van der Waals surface area (Å²) in [5.74, 6) is -0.887. The molecule has 1 heterocycles. The van der Waals surface area contributed by atoms with Gasteiger partial charge in [-0.1, -0.05) is 11.3 Å². The minimum absolute atomic E-state index is 0.102. The number of ether oxygens (including phenoxy) is 2. The van der Waals surface area contributed by atoms with Crippen LogP contribution in [0.1, 0.15) is 17.5 Å². The van der Waals surface area contributed by atoms with E-state index in [-0.39, 0.29) is 23.6 Å². The van der Waals surface area contributed by atoms with Gasteiger partial charge in [-0.25, -0.2) is 8.42 Å². The molecule has 0 aliphatic rings. The van der Waals surface area contributed by atoms with E-state index in [9.17, 15) is 18.0 Å². The van der Waals surface area contributed by atoms with Gasteiger partial charge in [0.1, 0.15) is 12.3 Å². The van der Waals surface area contributed by atoms with Crippen LogP contribution in [0.2, 0.25) is 0 Å².